The molecule has 2 aromatic rings. The van der Waals surface area contributed by atoms with Crippen molar-refractivity contribution in [3.05, 3.63) is 17.2 Å². The number of aromatic nitrogens is 3. The molecule has 8 nitrogen and oxygen atoms in total. The molecular formula is C22H29ClFN5O3. The van der Waals surface area contributed by atoms with Crippen molar-refractivity contribution < 1.29 is 19.3 Å². The Bertz CT molecular complexity index is 1020. The van der Waals surface area contributed by atoms with Gasteiger partial charge in [-0.15, -0.1) is 0 Å². The quantitative estimate of drug-likeness (QED) is 0.650. The van der Waals surface area contributed by atoms with Crippen molar-refractivity contribution in [2.24, 2.45) is 0 Å². The Kier molecular flexibility index (Phi) is 5.64. The van der Waals surface area contributed by atoms with E-state index in [-0.39, 0.29) is 34.9 Å². The summed E-state index contributed by atoms with van der Waals surface area (Å²) >= 11 is 5.94. The van der Waals surface area contributed by atoms with Crippen LogP contribution in [0.1, 0.15) is 45.4 Å². The predicted octanol–water partition coefficient (Wildman–Crippen LogP) is 2.54. The van der Waals surface area contributed by atoms with E-state index in [0.717, 1.165) is 38.6 Å². The van der Waals surface area contributed by atoms with Gasteiger partial charge >= 0.3 is 6.01 Å². The molecule has 0 amide bonds. The number of ether oxygens (including phenoxy) is 1. The lowest BCUT2D eigenvalue weighted by Crippen LogP contribution is -2.47. The minimum Gasteiger partial charge on any atom is -0.461 e. The van der Waals surface area contributed by atoms with Gasteiger partial charge in [-0.25, -0.2) is 9.37 Å². The zero-order chi connectivity index (χ0) is 22.5. The maximum atomic E-state index is 14.9. The Hall–Kier alpha value is -1.81. The summed E-state index contributed by atoms with van der Waals surface area (Å²) < 4.78 is 21.0. The van der Waals surface area contributed by atoms with Crippen molar-refractivity contribution >= 4 is 28.3 Å². The number of hydrogen-bond donors (Lipinski definition) is 2. The van der Waals surface area contributed by atoms with Crippen LogP contribution in [-0.4, -0.2) is 80.1 Å². The molecule has 2 N–H and O–H groups in total. The molecule has 0 bridgehead atoms. The highest BCUT2D eigenvalue weighted by Gasteiger charge is 2.49. The number of piperidine rings is 1. The maximum Gasteiger partial charge on any atom is 0.319 e. The van der Waals surface area contributed by atoms with E-state index < -0.39 is 11.4 Å². The zero-order valence-corrected chi connectivity index (χ0v) is 19.0. The molecule has 32 heavy (non-hydrogen) atoms. The van der Waals surface area contributed by atoms with E-state index in [4.69, 9.17) is 16.3 Å². The smallest absolute Gasteiger partial charge is 0.319 e. The minimum atomic E-state index is -0.860. The molecule has 3 aliphatic rings. The van der Waals surface area contributed by atoms with Gasteiger partial charge in [-0.1, -0.05) is 11.6 Å². The van der Waals surface area contributed by atoms with Gasteiger partial charge in [-0.3, -0.25) is 4.90 Å². The number of β-amino-alcohol motifs (C(OH)–C–C–N with tert-alkyl or cyclic N) is 1. The van der Waals surface area contributed by atoms with Crippen molar-refractivity contribution in [3.8, 4) is 6.01 Å². The number of rotatable bonds is 5. The van der Waals surface area contributed by atoms with E-state index in [1.54, 1.807) is 6.92 Å². The minimum absolute atomic E-state index is 0.0654. The second-order valence-corrected chi connectivity index (χ2v) is 10.0. The standard InChI is InChI=1S/C22H29ClFN5O3/c1-21(31)5-2-8-28(12-21)19-15-10-25-18(23)16(24)17(15)26-20(27-19)32-13-22-6-3-9-29(22)14(11-30)4-7-22/h10,14,30-31H,2-9,11-13H2,1H3/t14-,21+,22+/m0/s1. The van der Waals surface area contributed by atoms with E-state index >= 15 is 0 Å². The van der Waals surface area contributed by atoms with Gasteiger partial charge in [0.2, 0.25) is 0 Å². The molecule has 0 unspecified atom stereocenters. The largest absolute Gasteiger partial charge is 0.461 e. The summed E-state index contributed by atoms with van der Waals surface area (Å²) in [5.74, 6) is -0.211. The molecule has 2 aromatic heterocycles. The van der Waals surface area contributed by atoms with Gasteiger partial charge in [0, 0.05) is 25.3 Å². The maximum absolute atomic E-state index is 14.9. The van der Waals surface area contributed by atoms with Crippen LogP contribution in [0.3, 0.4) is 0 Å². The van der Waals surface area contributed by atoms with Crippen LogP contribution in [0.4, 0.5) is 10.2 Å². The molecule has 5 rings (SSSR count). The SMILES string of the molecule is C[C@@]1(O)CCCN(c2nc(OC[C@]34CCCN3[C@H](CO)CC4)nc3c(F)c(Cl)ncc23)C1. The monoisotopic (exact) mass is 465 g/mol. The van der Waals surface area contributed by atoms with E-state index in [0.29, 0.717) is 37.3 Å². The molecule has 3 saturated heterocycles. The molecular weight excluding hydrogens is 437 g/mol. The molecule has 0 aliphatic carbocycles. The normalized spacial score (nSPS) is 30.8. The van der Waals surface area contributed by atoms with Crippen LogP contribution in [0.5, 0.6) is 6.01 Å². The summed E-state index contributed by atoms with van der Waals surface area (Å²) in [6.45, 7) is 4.31. The number of hydrogen-bond acceptors (Lipinski definition) is 8. The fourth-order valence-corrected chi connectivity index (χ4v) is 5.85. The van der Waals surface area contributed by atoms with Crippen molar-refractivity contribution in [2.45, 2.75) is 62.6 Å². The summed E-state index contributed by atoms with van der Waals surface area (Å²) in [6, 6.07) is 0.250. The number of halogens is 2. The number of fused-ring (bicyclic) bond motifs is 2. The Labute approximate surface area is 191 Å². The number of anilines is 1. The molecule has 0 saturated carbocycles. The van der Waals surface area contributed by atoms with Crippen molar-refractivity contribution in [1.29, 1.82) is 0 Å². The average Bonchev–Trinajstić information content (AvgIpc) is 3.33. The van der Waals surface area contributed by atoms with Gasteiger partial charge in [0.15, 0.2) is 11.0 Å². The van der Waals surface area contributed by atoms with E-state index in [1.807, 2.05) is 4.90 Å². The first-order valence-corrected chi connectivity index (χ1v) is 11.7. The van der Waals surface area contributed by atoms with Gasteiger partial charge in [0.05, 0.1) is 23.1 Å². The molecule has 0 aromatic carbocycles. The molecule has 5 heterocycles. The summed E-state index contributed by atoms with van der Waals surface area (Å²) in [5, 5.41) is 20.5. The second-order valence-electron chi connectivity index (χ2n) is 9.66. The van der Waals surface area contributed by atoms with Crippen LogP contribution in [-0.2, 0) is 0 Å². The molecule has 3 atom stereocenters. The first kappa shape index (κ1) is 22.0. The van der Waals surface area contributed by atoms with E-state index in [9.17, 15) is 14.6 Å². The van der Waals surface area contributed by atoms with Gasteiger partial charge in [-0.2, -0.15) is 9.97 Å². The van der Waals surface area contributed by atoms with Crippen LogP contribution in [0.25, 0.3) is 10.9 Å². The Morgan fingerprint density at radius 2 is 2.06 bits per heavy atom. The highest BCUT2D eigenvalue weighted by Crippen LogP contribution is 2.42. The molecule has 0 spiro atoms. The summed E-state index contributed by atoms with van der Waals surface area (Å²) in [7, 11) is 0. The van der Waals surface area contributed by atoms with Crippen LogP contribution < -0.4 is 9.64 Å². The first-order valence-electron chi connectivity index (χ1n) is 11.3. The molecule has 3 aliphatic heterocycles. The van der Waals surface area contributed by atoms with Gasteiger partial charge in [0.1, 0.15) is 17.9 Å². The fraction of sp³-hybridized carbons (Fsp3) is 0.682. The van der Waals surface area contributed by atoms with E-state index in [2.05, 4.69) is 19.9 Å². The number of nitrogens with zero attached hydrogens (tertiary/aromatic N) is 5. The third kappa shape index (κ3) is 3.79. The van der Waals surface area contributed by atoms with E-state index in [1.165, 1.54) is 6.20 Å². The Balaban J connectivity index is 1.49. The molecule has 0 radical (unpaired) electrons. The van der Waals surface area contributed by atoms with Crippen LogP contribution >= 0.6 is 11.6 Å². The van der Waals surface area contributed by atoms with Crippen LogP contribution in [0, 0.1) is 5.82 Å². The highest BCUT2D eigenvalue weighted by molar-refractivity contribution is 6.30. The summed E-state index contributed by atoms with van der Waals surface area (Å²) in [5.41, 5.74) is -0.938. The average molecular weight is 466 g/mol. The van der Waals surface area contributed by atoms with Crippen LogP contribution in [0.15, 0.2) is 6.20 Å². The topological polar surface area (TPSA) is 94.8 Å². The Morgan fingerprint density at radius 1 is 1.25 bits per heavy atom. The lowest BCUT2D eigenvalue weighted by molar-refractivity contribution is 0.0446. The summed E-state index contributed by atoms with van der Waals surface area (Å²) in [4.78, 5) is 17.2. The van der Waals surface area contributed by atoms with Gasteiger partial charge in [-0.05, 0) is 52.0 Å². The lowest BCUT2D eigenvalue weighted by atomic mass is 9.95. The zero-order valence-electron chi connectivity index (χ0n) is 18.2. The van der Waals surface area contributed by atoms with Gasteiger partial charge in [0.25, 0.3) is 0 Å². The molecule has 3 fully saturated rings. The van der Waals surface area contributed by atoms with Crippen molar-refractivity contribution in [1.82, 2.24) is 19.9 Å². The Morgan fingerprint density at radius 3 is 2.84 bits per heavy atom. The number of aliphatic hydroxyl groups is 2. The number of aliphatic hydroxyl groups excluding tert-OH is 1. The highest BCUT2D eigenvalue weighted by atomic mass is 35.5. The lowest BCUT2D eigenvalue weighted by Gasteiger charge is -2.38. The summed E-state index contributed by atoms with van der Waals surface area (Å²) in [6.07, 6.45) is 6.88. The van der Waals surface area contributed by atoms with Crippen molar-refractivity contribution in [3.63, 3.8) is 0 Å². The van der Waals surface area contributed by atoms with Crippen molar-refractivity contribution in [2.75, 3.05) is 37.7 Å². The third-order valence-corrected chi connectivity index (χ3v) is 7.55. The predicted molar refractivity (Wildman–Crippen MR) is 119 cm³/mol. The molecule has 10 heteroatoms. The fourth-order valence-electron chi connectivity index (χ4n) is 5.71. The second kappa shape index (κ2) is 8.20. The third-order valence-electron chi connectivity index (χ3n) is 7.29. The number of pyridine rings is 1. The molecule has 174 valence electrons. The van der Waals surface area contributed by atoms with Gasteiger partial charge < -0.3 is 19.8 Å². The first-order chi connectivity index (χ1) is 15.3. The van der Waals surface area contributed by atoms with Crippen LogP contribution in [0.2, 0.25) is 5.15 Å².